The van der Waals surface area contributed by atoms with Crippen LogP contribution in [0, 0.1) is 5.82 Å². The van der Waals surface area contributed by atoms with E-state index in [9.17, 15) is 9.18 Å². The Hall–Kier alpha value is -2.37. The lowest BCUT2D eigenvalue weighted by Gasteiger charge is -2.04. The summed E-state index contributed by atoms with van der Waals surface area (Å²) in [6.45, 7) is 0. The van der Waals surface area contributed by atoms with Crippen molar-refractivity contribution in [2.75, 3.05) is 5.73 Å². The van der Waals surface area contributed by atoms with Crippen molar-refractivity contribution in [3.8, 4) is 5.69 Å². The van der Waals surface area contributed by atoms with Crippen LogP contribution >= 0.6 is 0 Å². The lowest BCUT2D eigenvalue weighted by molar-refractivity contribution is -0.136. The Morgan fingerprint density at radius 2 is 2.28 bits per heavy atom. The molecule has 2 rings (SSSR count). The van der Waals surface area contributed by atoms with Crippen LogP contribution in [0.25, 0.3) is 5.69 Å². The van der Waals surface area contributed by atoms with Gasteiger partial charge in [0.15, 0.2) is 0 Å². The summed E-state index contributed by atoms with van der Waals surface area (Å²) in [5.41, 5.74) is 7.01. The van der Waals surface area contributed by atoms with E-state index in [1.54, 1.807) is 12.1 Å². The van der Waals surface area contributed by atoms with Crippen molar-refractivity contribution in [3.05, 3.63) is 41.8 Å². The fourth-order valence-corrected chi connectivity index (χ4v) is 1.64. The number of hydrogen-bond donors (Lipinski definition) is 2. The lowest BCUT2D eigenvalue weighted by Crippen LogP contribution is -2.04. The van der Waals surface area contributed by atoms with E-state index < -0.39 is 5.97 Å². The van der Waals surface area contributed by atoms with Crippen LogP contribution in [-0.2, 0) is 11.2 Å². The van der Waals surface area contributed by atoms with E-state index >= 15 is 0 Å². The maximum atomic E-state index is 13.1. The van der Waals surface area contributed by atoms with Gasteiger partial charge in [-0.1, -0.05) is 6.07 Å². The molecule has 0 saturated carbocycles. The average molecular weight is 249 g/mol. The maximum Gasteiger partial charge on any atom is 0.303 e. The largest absolute Gasteiger partial charge is 0.481 e. The first-order valence-corrected chi connectivity index (χ1v) is 5.38. The number of rotatable bonds is 4. The highest BCUT2D eigenvalue weighted by Gasteiger charge is 2.10. The highest BCUT2D eigenvalue weighted by Crippen LogP contribution is 2.18. The van der Waals surface area contributed by atoms with Crippen LogP contribution in [0.2, 0.25) is 0 Å². The quantitative estimate of drug-likeness (QED) is 0.862. The Labute approximate surface area is 103 Å². The number of hydrogen-bond acceptors (Lipinski definition) is 3. The second kappa shape index (κ2) is 4.87. The molecule has 0 aliphatic carbocycles. The topological polar surface area (TPSA) is 81.1 Å². The van der Waals surface area contributed by atoms with Gasteiger partial charge in [-0.25, -0.2) is 9.07 Å². The van der Waals surface area contributed by atoms with Gasteiger partial charge >= 0.3 is 5.97 Å². The number of nitrogen functional groups attached to an aromatic ring is 1. The minimum atomic E-state index is -0.895. The number of carboxylic acids is 1. The molecule has 0 aliphatic heterocycles. The fourth-order valence-electron chi connectivity index (χ4n) is 1.64. The van der Waals surface area contributed by atoms with Crippen LogP contribution in [0.1, 0.15) is 12.0 Å². The number of carbonyl (C=O) groups is 1. The van der Waals surface area contributed by atoms with Gasteiger partial charge < -0.3 is 10.8 Å². The van der Waals surface area contributed by atoms with E-state index in [4.69, 9.17) is 10.8 Å². The summed E-state index contributed by atoms with van der Waals surface area (Å²) in [6, 6.07) is 5.87. The van der Waals surface area contributed by atoms with Gasteiger partial charge in [0.1, 0.15) is 11.6 Å². The summed E-state index contributed by atoms with van der Waals surface area (Å²) in [5, 5.41) is 12.6. The van der Waals surface area contributed by atoms with E-state index in [-0.39, 0.29) is 12.2 Å². The molecule has 1 aromatic heterocycles. The number of nitrogens with two attached hydrogens (primary N) is 1. The van der Waals surface area contributed by atoms with Crippen molar-refractivity contribution in [3.63, 3.8) is 0 Å². The Bertz CT molecular complexity index is 580. The summed E-state index contributed by atoms with van der Waals surface area (Å²) in [7, 11) is 0. The Morgan fingerprint density at radius 3 is 2.94 bits per heavy atom. The van der Waals surface area contributed by atoms with Gasteiger partial charge in [-0.05, 0) is 24.6 Å². The lowest BCUT2D eigenvalue weighted by atomic mass is 10.2. The summed E-state index contributed by atoms with van der Waals surface area (Å²) in [4.78, 5) is 10.5. The molecule has 18 heavy (non-hydrogen) atoms. The normalized spacial score (nSPS) is 10.5. The molecule has 0 atom stereocenters. The van der Waals surface area contributed by atoms with Crippen molar-refractivity contribution >= 4 is 11.8 Å². The first-order valence-electron chi connectivity index (χ1n) is 5.38. The molecule has 1 aromatic carbocycles. The van der Waals surface area contributed by atoms with E-state index in [1.165, 1.54) is 23.0 Å². The molecule has 0 saturated heterocycles. The van der Waals surface area contributed by atoms with Gasteiger partial charge in [0, 0.05) is 12.0 Å². The summed E-state index contributed by atoms with van der Waals surface area (Å²) in [5.74, 6) is -0.941. The predicted molar refractivity (Wildman–Crippen MR) is 63.9 cm³/mol. The Balaban J connectivity index is 2.28. The van der Waals surface area contributed by atoms with Gasteiger partial charge in [0.2, 0.25) is 0 Å². The van der Waals surface area contributed by atoms with Gasteiger partial charge in [-0.3, -0.25) is 4.79 Å². The smallest absolute Gasteiger partial charge is 0.303 e. The first-order chi connectivity index (χ1) is 8.58. The predicted octanol–water partition coefficient (Wildman–Crippen LogP) is 1.61. The zero-order valence-electron chi connectivity index (χ0n) is 9.51. The number of halogens is 1. The number of benzene rings is 1. The molecule has 2 aromatic rings. The minimum Gasteiger partial charge on any atom is -0.481 e. The molecule has 0 spiro atoms. The van der Waals surface area contributed by atoms with Crippen molar-refractivity contribution < 1.29 is 14.3 Å². The molecule has 0 fully saturated rings. The molecular weight excluding hydrogens is 237 g/mol. The molecule has 1 heterocycles. The summed E-state index contributed by atoms with van der Waals surface area (Å²) < 4.78 is 14.5. The molecule has 6 heteroatoms. The minimum absolute atomic E-state index is 0.0148. The van der Waals surface area contributed by atoms with Crippen LogP contribution in [0.3, 0.4) is 0 Å². The third-order valence-corrected chi connectivity index (χ3v) is 2.55. The van der Waals surface area contributed by atoms with Crippen LogP contribution in [-0.4, -0.2) is 20.9 Å². The molecule has 0 bridgehead atoms. The van der Waals surface area contributed by atoms with E-state index in [1.807, 2.05) is 0 Å². The average Bonchev–Trinajstić information content (AvgIpc) is 2.68. The number of nitrogens with zero attached hydrogens (tertiary/aromatic N) is 2. The van der Waals surface area contributed by atoms with Crippen molar-refractivity contribution in [2.24, 2.45) is 0 Å². The summed E-state index contributed by atoms with van der Waals surface area (Å²) >= 11 is 0. The van der Waals surface area contributed by atoms with Gasteiger partial charge in [0.05, 0.1) is 11.9 Å². The second-order valence-corrected chi connectivity index (χ2v) is 3.84. The van der Waals surface area contributed by atoms with Crippen LogP contribution in [0.5, 0.6) is 0 Å². The third-order valence-electron chi connectivity index (χ3n) is 2.55. The fraction of sp³-hybridized carbons (Fsp3) is 0.167. The highest BCUT2D eigenvalue weighted by atomic mass is 19.1. The number of aliphatic carboxylic acids is 1. The zero-order chi connectivity index (χ0) is 13.1. The molecule has 0 amide bonds. The molecule has 3 N–H and O–H groups in total. The number of carboxylic acid groups (broad SMARTS) is 1. The highest BCUT2D eigenvalue weighted by molar-refractivity contribution is 5.67. The van der Waals surface area contributed by atoms with Gasteiger partial charge in [-0.15, -0.1) is 0 Å². The monoisotopic (exact) mass is 249 g/mol. The molecule has 0 radical (unpaired) electrons. The maximum absolute atomic E-state index is 13.1. The first kappa shape index (κ1) is 12.1. The van der Waals surface area contributed by atoms with Crippen molar-refractivity contribution in [1.82, 2.24) is 9.78 Å². The van der Waals surface area contributed by atoms with Crippen LogP contribution in [0.4, 0.5) is 10.2 Å². The zero-order valence-corrected chi connectivity index (χ0v) is 9.51. The molecular formula is C12H12FN3O2. The van der Waals surface area contributed by atoms with Crippen molar-refractivity contribution in [1.29, 1.82) is 0 Å². The number of aromatic nitrogens is 2. The van der Waals surface area contributed by atoms with Crippen LogP contribution in [0.15, 0.2) is 30.5 Å². The summed E-state index contributed by atoms with van der Waals surface area (Å²) in [6.07, 6.45) is 1.79. The van der Waals surface area contributed by atoms with E-state index in [2.05, 4.69) is 5.10 Å². The van der Waals surface area contributed by atoms with Crippen LogP contribution < -0.4 is 5.73 Å². The number of anilines is 1. The Morgan fingerprint density at radius 1 is 1.50 bits per heavy atom. The van der Waals surface area contributed by atoms with Gasteiger partial charge in [-0.2, -0.15) is 5.10 Å². The Kier molecular flexibility index (Phi) is 3.27. The third kappa shape index (κ3) is 2.48. The molecule has 0 unspecified atom stereocenters. The molecule has 5 nitrogen and oxygen atoms in total. The van der Waals surface area contributed by atoms with Crippen molar-refractivity contribution in [2.45, 2.75) is 12.8 Å². The molecule has 0 aliphatic rings. The second-order valence-electron chi connectivity index (χ2n) is 3.84. The number of aryl methyl sites for hydroxylation is 1. The standard InChI is InChI=1S/C12H12FN3O2/c13-9-2-1-3-10(6-9)16-12(14)8(7-15-16)4-5-11(17)18/h1-3,6-7H,4-5,14H2,(H,17,18). The SMILES string of the molecule is Nc1c(CCC(=O)O)cnn1-c1cccc(F)c1. The van der Waals surface area contributed by atoms with E-state index in [0.29, 0.717) is 23.5 Å². The van der Waals surface area contributed by atoms with Gasteiger partial charge in [0.25, 0.3) is 0 Å². The van der Waals surface area contributed by atoms with E-state index in [0.717, 1.165) is 0 Å². The molecule has 94 valence electrons.